The van der Waals surface area contributed by atoms with Crippen LogP contribution in [0.5, 0.6) is 0 Å². The van der Waals surface area contributed by atoms with Crippen molar-refractivity contribution < 1.29 is 9.18 Å². The summed E-state index contributed by atoms with van der Waals surface area (Å²) in [4.78, 5) is 12.2. The third-order valence-corrected chi connectivity index (χ3v) is 3.82. The van der Waals surface area contributed by atoms with Crippen LogP contribution in [0.2, 0.25) is 5.02 Å². The lowest BCUT2D eigenvalue weighted by Crippen LogP contribution is -2.20. The van der Waals surface area contributed by atoms with E-state index in [0.717, 1.165) is 4.90 Å². The van der Waals surface area contributed by atoms with Gasteiger partial charge in [-0.05, 0) is 12.1 Å². The number of thioether (sulfide) groups is 1. The van der Waals surface area contributed by atoms with E-state index in [9.17, 15) is 9.18 Å². The highest BCUT2D eigenvalue weighted by Crippen LogP contribution is 2.35. The minimum Gasteiger partial charge on any atom is -0.325 e. The van der Waals surface area contributed by atoms with Crippen molar-refractivity contribution in [1.82, 2.24) is 0 Å². The van der Waals surface area contributed by atoms with Crippen molar-refractivity contribution in [2.45, 2.75) is 11.8 Å². The first-order valence-corrected chi connectivity index (χ1v) is 5.87. The molecule has 15 heavy (non-hydrogen) atoms. The Morgan fingerprint density at radius 2 is 2.33 bits per heavy atom. The summed E-state index contributed by atoms with van der Waals surface area (Å²) in [5, 5.41) is 2.76. The second-order valence-corrected chi connectivity index (χ2v) is 4.93. The number of halogens is 2. The molecule has 1 heterocycles. The highest BCUT2D eigenvalue weighted by molar-refractivity contribution is 7.99. The summed E-state index contributed by atoms with van der Waals surface area (Å²) in [6.07, 6.45) is 0. The molecule has 5 heteroatoms. The van der Waals surface area contributed by atoms with E-state index >= 15 is 0 Å². The fourth-order valence-electron chi connectivity index (χ4n) is 1.29. The van der Waals surface area contributed by atoms with Crippen LogP contribution >= 0.6 is 23.4 Å². The molecule has 0 fully saturated rings. The molecule has 0 spiro atoms. The van der Waals surface area contributed by atoms with Crippen LogP contribution in [-0.4, -0.2) is 11.7 Å². The molecular weight excluding hydrogens is 237 g/mol. The number of carbonyl (C=O) groups excluding carboxylic acids is 1. The van der Waals surface area contributed by atoms with Crippen molar-refractivity contribution in [3.05, 3.63) is 23.0 Å². The van der Waals surface area contributed by atoms with Crippen molar-refractivity contribution >= 4 is 35.0 Å². The van der Waals surface area contributed by atoms with E-state index in [1.807, 2.05) is 6.92 Å². The Kier molecular flexibility index (Phi) is 2.89. The molecule has 0 bridgehead atoms. The molecule has 0 radical (unpaired) electrons. The normalized spacial score (nSPS) is 20.5. The third kappa shape index (κ3) is 2.11. The topological polar surface area (TPSA) is 29.1 Å². The van der Waals surface area contributed by atoms with Gasteiger partial charge in [0, 0.05) is 16.6 Å². The molecule has 1 amide bonds. The van der Waals surface area contributed by atoms with E-state index in [0.29, 0.717) is 11.4 Å². The quantitative estimate of drug-likeness (QED) is 0.761. The molecule has 1 aromatic carbocycles. The number of nitrogens with one attached hydrogen (secondary N) is 1. The highest BCUT2D eigenvalue weighted by Gasteiger charge is 2.21. The molecule has 2 rings (SSSR count). The number of hydrogen-bond donors (Lipinski definition) is 1. The first-order chi connectivity index (χ1) is 7.08. The molecule has 0 aliphatic carbocycles. The third-order valence-electron chi connectivity index (χ3n) is 2.22. The van der Waals surface area contributed by atoms with Crippen LogP contribution in [0.3, 0.4) is 0 Å². The number of carbonyl (C=O) groups is 1. The number of benzene rings is 1. The van der Waals surface area contributed by atoms with Crippen LogP contribution in [0.25, 0.3) is 0 Å². The zero-order valence-electron chi connectivity index (χ0n) is 8.01. The summed E-state index contributed by atoms with van der Waals surface area (Å²) in [7, 11) is 0. The first-order valence-electron chi connectivity index (χ1n) is 4.50. The van der Waals surface area contributed by atoms with Gasteiger partial charge in [0.15, 0.2) is 0 Å². The van der Waals surface area contributed by atoms with Gasteiger partial charge in [-0.3, -0.25) is 4.79 Å². The summed E-state index contributed by atoms with van der Waals surface area (Å²) >= 11 is 7.11. The molecule has 1 atom stereocenters. The molecule has 0 aromatic heterocycles. The monoisotopic (exact) mass is 245 g/mol. The van der Waals surface area contributed by atoms with Crippen molar-refractivity contribution in [3.63, 3.8) is 0 Å². The summed E-state index contributed by atoms with van der Waals surface area (Å²) < 4.78 is 13.2. The second-order valence-electron chi connectivity index (χ2n) is 3.46. The Balaban J connectivity index is 2.43. The summed E-state index contributed by atoms with van der Waals surface area (Å²) in [5.74, 6) is 0.0692. The molecule has 1 unspecified atom stereocenters. The molecule has 0 saturated carbocycles. The van der Waals surface area contributed by atoms with Crippen LogP contribution < -0.4 is 5.32 Å². The number of amides is 1. The van der Waals surface area contributed by atoms with E-state index in [4.69, 9.17) is 11.6 Å². The van der Waals surface area contributed by atoms with Crippen LogP contribution in [0, 0.1) is 11.7 Å². The summed E-state index contributed by atoms with van der Waals surface area (Å²) in [6.45, 7) is 1.84. The molecule has 1 aliphatic heterocycles. The van der Waals surface area contributed by atoms with Gasteiger partial charge in [-0.2, -0.15) is 0 Å². The van der Waals surface area contributed by atoms with Gasteiger partial charge < -0.3 is 5.32 Å². The lowest BCUT2D eigenvalue weighted by atomic mass is 10.2. The molecule has 0 saturated heterocycles. The minimum absolute atomic E-state index is 0.0317. The average Bonchev–Trinajstić information content (AvgIpc) is 2.31. The first kappa shape index (κ1) is 10.8. The number of hydrogen-bond acceptors (Lipinski definition) is 2. The van der Waals surface area contributed by atoms with E-state index < -0.39 is 5.82 Å². The van der Waals surface area contributed by atoms with E-state index in [-0.39, 0.29) is 16.8 Å². The maximum absolute atomic E-state index is 13.2. The molecule has 1 aromatic rings. The molecule has 1 aliphatic rings. The van der Waals surface area contributed by atoms with Crippen molar-refractivity contribution in [3.8, 4) is 0 Å². The van der Waals surface area contributed by atoms with Gasteiger partial charge in [-0.15, -0.1) is 11.8 Å². The second kappa shape index (κ2) is 4.02. The highest BCUT2D eigenvalue weighted by atomic mass is 35.5. The smallest absolute Gasteiger partial charge is 0.228 e. The van der Waals surface area contributed by atoms with Gasteiger partial charge in [0.25, 0.3) is 0 Å². The average molecular weight is 246 g/mol. The predicted molar refractivity (Wildman–Crippen MR) is 59.9 cm³/mol. The molecule has 2 nitrogen and oxygen atoms in total. The Morgan fingerprint density at radius 3 is 3.07 bits per heavy atom. The lowest BCUT2D eigenvalue weighted by Gasteiger charge is -2.07. The Labute approximate surface area is 96.2 Å². The minimum atomic E-state index is -0.452. The van der Waals surface area contributed by atoms with Gasteiger partial charge in [0.2, 0.25) is 5.91 Å². The van der Waals surface area contributed by atoms with Crippen LogP contribution in [0.15, 0.2) is 17.0 Å². The Bertz CT molecular complexity index is 424. The van der Waals surface area contributed by atoms with Gasteiger partial charge in [-0.25, -0.2) is 4.39 Å². The van der Waals surface area contributed by atoms with Crippen LogP contribution in [-0.2, 0) is 4.79 Å². The van der Waals surface area contributed by atoms with E-state index in [2.05, 4.69) is 5.32 Å². The zero-order chi connectivity index (χ0) is 11.0. The number of anilines is 1. The zero-order valence-corrected chi connectivity index (χ0v) is 9.58. The van der Waals surface area contributed by atoms with Gasteiger partial charge >= 0.3 is 0 Å². The molecular formula is C10H9ClFNOS. The summed E-state index contributed by atoms with van der Waals surface area (Å²) in [5.41, 5.74) is 0.598. The molecule has 1 N–H and O–H groups in total. The van der Waals surface area contributed by atoms with Gasteiger partial charge in [0.1, 0.15) is 5.82 Å². The SMILES string of the molecule is CC1CSc2cc(F)c(Cl)cc2NC1=O. The Morgan fingerprint density at radius 1 is 1.60 bits per heavy atom. The number of fused-ring (bicyclic) bond motifs is 1. The maximum atomic E-state index is 13.2. The molecule has 80 valence electrons. The van der Waals surface area contributed by atoms with Gasteiger partial charge in [0.05, 0.1) is 10.7 Å². The van der Waals surface area contributed by atoms with E-state index in [1.54, 1.807) is 0 Å². The van der Waals surface area contributed by atoms with Crippen molar-refractivity contribution in [1.29, 1.82) is 0 Å². The fourth-order valence-corrected chi connectivity index (χ4v) is 2.49. The Hall–Kier alpha value is -0.740. The maximum Gasteiger partial charge on any atom is 0.228 e. The lowest BCUT2D eigenvalue weighted by molar-refractivity contribution is -0.118. The summed E-state index contributed by atoms with van der Waals surface area (Å²) in [6, 6.07) is 2.82. The fraction of sp³-hybridized carbons (Fsp3) is 0.300. The number of rotatable bonds is 0. The van der Waals surface area contributed by atoms with Crippen LogP contribution in [0.4, 0.5) is 10.1 Å². The van der Waals surface area contributed by atoms with Crippen molar-refractivity contribution in [2.24, 2.45) is 5.92 Å². The van der Waals surface area contributed by atoms with Crippen LogP contribution in [0.1, 0.15) is 6.92 Å². The van der Waals surface area contributed by atoms with Crippen molar-refractivity contribution in [2.75, 3.05) is 11.1 Å². The van der Waals surface area contributed by atoms with E-state index in [1.165, 1.54) is 23.9 Å². The van der Waals surface area contributed by atoms with Gasteiger partial charge in [-0.1, -0.05) is 18.5 Å². The largest absolute Gasteiger partial charge is 0.325 e. The predicted octanol–water partition coefficient (Wildman–Crippen LogP) is 3.16. The standard InChI is InChI=1S/C10H9ClFNOS/c1-5-4-15-9-3-7(12)6(11)2-8(9)13-10(5)14/h2-3,5H,4H2,1H3,(H,13,14).